The molecule has 0 N–H and O–H groups in total. The van der Waals surface area contributed by atoms with Crippen LogP contribution >= 0.6 is 0 Å². The van der Waals surface area contributed by atoms with Gasteiger partial charge >= 0.3 is 0 Å². The first-order valence-electron chi connectivity index (χ1n) is 3.85. The Labute approximate surface area is 65.6 Å². The first-order chi connectivity index (χ1) is 5.04. The smallest absolute Gasteiger partial charge is 0.294 e. The molecule has 1 rings (SSSR count). The van der Waals surface area contributed by atoms with Crippen molar-refractivity contribution in [2.45, 2.75) is 26.9 Å². The van der Waals surface area contributed by atoms with Crippen molar-refractivity contribution in [2.24, 2.45) is 17.8 Å². The summed E-state index contributed by atoms with van der Waals surface area (Å²) in [6.07, 6.45) is -0.181. The molecule has 1 aliphatic carbocycles. The highest BCUT2D eigenvalue weighted by Gasteiger charge is 2.44. The summed E-state index contributed by atoms with van der Waals surface area (Å²) in [5, 5.41) is 9.29. The van der Waals surface area contributed by atoms with Gasteiger partial charge < -0.3 is 4.84 Å². The van der Waals surface area contributed by atoms with Crippen molar-refractivity contribution in [3.8, 4) is 0 Å². The van der Waals surface area contributed by atoms with Gasteiger partial charge in [-0.05, 0) is 17.8 Å². The van der Waals surface area contributed by atoms with E-state index in [-0.39, 0.29) is 6.10 Å². The van der Waals surface area contributed by atoms with Crippen LogP contribution in [0.1, 0.15) is 20.8 Å². The van der Waals surface area contributed by atoms with E-state index in [0.29, 0.717) is 17.8 Å². The summed E-state index contributed by atoms with van der Waals surface area (Å²) in [5.41, 5.74) is 0. The van der Waals surface area contributed by atoms with E-state index in [1.54, 1.807) is 0 Å². The summed E-state index contributed by atoms with van der Waals surface area (Å²) in [6, 6.07) is 0. The molecule has 4 heteroatoms. The summed E-state index contributed by atoms with van der Waals surface area (Å²) >= 11 is 0. The zero-order valence-electron chi connectivity index (χ0n) is 6.98. The van der Waals surface area contributed by atoms with Crippen LogP contribution in [0.15, 0.2) is 0 Å². The van der Waals surface area contributed by atoms with Crippen molar-refractivity contribution in [1.29, 1.82) is 0 Å². The maximum absolute atomic E-state index is 9.98. The molecule has 0 radical (unpaired) electrons. The van der Waals surface area contributed by atoms with Gasteiger partial charge in [0.15, 0.2) is 0 Å². The molecule has 2 atom stereocenters. The molecule has 0 saturated heterocycles. The molecule has 1 fully saturated rings. The fraction of sp³-hybridized carbons (Fsp3) is 1.00. The first kappa shape index (κ1) is 8.30. The van der Waals surface area contributed by atoms with E-state index in [4.69, 9.17) is 0 Å². The van der Waals surface area contributed by atoms with Crippen LogP contribution in [0.5, 0.6) is 0 Å². The lowest BCUT2D eigenvalue weighted by Gasteiger charge is -2.45. The number of hydrogen-bond donors (Lipinski definition) is 0. The molecule has 11 heavy (non-hydrogen) atoms. The summed E-state index contributed by atoms with van der Waals surface area (Å²) in [6.45, 7) is 6.06. The van der Waals surface area contributed by atoms with E-state index in [1.165, 1.54) is 0 Å². The summed E-state index contributed by atoms with van der Waals surface area (Å²) in [5.74, 6) is 1.17. The van der Waals surface area contributed by atoms with Crippen LogP contribution in [0.2, 0.25) is 0 Å². The van der Waals surface area contributed by atoms with Gasteiger partial charge in [-0.3, -0.25) is 0 Å². The molecule has 0 heterocycles. The number of rotatable bonds is 2. The molecular formula is C7H13NO3. The Bertz CT molecular complexity index is 161. The van der Waals surface area contributed by atoms with Gasteiger partial charge in [-0.25, -0.2) is 0 Å². The highest BCUT2D eigenvalue weighted by Crippen LogP contribution is 2.41. The van der Waals surface area contributed by atoms with Crippen LogP contribution in [-0.2, 0) is 4.84 Å². The van der Waals surface area contributed by atoms with Gasteiger partial charge in [0.05, 0.1) is 0 Å². The Kier molecular flexibility index (Phi) is 2.02. The topological polar surface area (TPSA) is 52.4 Å². The largest absolute Gasteiger partial charge is 0.310 e. The molecule has 64 valence electrons. The molecule has 0 aliphatic heterocycles. The average Bonchev–Trinajstić information content (AvgIpc) is 1.98. The van der Waals surface area contributed by atoms with E-state index >= 15 is 0 Å². The van der Waals surface area contributed by atoms with Gasteiger partial charge in [-0.1, -0.05) is 20.8 Å². The Balaban J connectivity index is 2.43. The second kappa shape index (κ2) is 2.68. The van der Waals surface area contributed by atoms with Crippen LogP contribution in [0.25, 0.3) is 0 Å². The average molecular weight is 159 g/mol. The van der Waals surface area contributed by atoms with Gasteiger partial charge in [-0.15, -0.1) is 10.1 Å². The van der Waals surface area contributed by atoms with Crippen molar-refractivity contribution in [1.82, 2.24) is 0 Å². The van der Waals surface area contributed by atoms with Crippen LogP contribution in [0.4, 0.5) is 0 Å². The van der Waals surface area contributed by atoms with Gasteiger partial charge in [0.25, 0.3) is 5.09 Å². The molecular weight excluding hydrogens is 146 g/mol. The molecule has 1 saturated carbocycles. The summed E-state index contributed by atoms with van der Waals surface area (Å²) < 4.78 is 0. The summed E-state index contributed by atoms with van der Waals surface area (Å²) in [7, 11) is 0. The Morgan fingerprint density at radius 1 is 1.18 bits per heavy atom. The number of nitrogens with zero attached hydrogens (tertiary/aromatic N) is 1. The molecule has 0 aromatic heterocycles. The van der Waals surface area contributed by atoms with Crippen LogP contribution < -0.4 is 0 Å². The highest BCUT2D eigenvalue weighted by molar-refractivity contribution is 4.90. The molecule has 1 aliphatic rings. The lowest BCUT2D eigenvalue weighted by molar-refractivity contribution is -0.777. The molecule has 0 aromatic rings. The van der Waals surface area contributed by atoms with E-state index < -0.39 is 5.09 Å². The standard InChI is InChI=1S/C7H13NO3/c1-4-5(2)7(6(4)3)11-8(9)10/h4-7H,1-3H3. The van der Waals surface area contributed by atoms with Gasteiger partial charge in [-0.2, -0.15) is 0 Å². The Hall–Kier alpha value is -0.800. The van der Waals surface area contributed by atoms with E-state index in [9.17, 15) is 10.1 Å². The number of hydrogen-bond acceptors (Lipinski definition) is 3. The quantitative estimate of drug-likeness (QED) is 0.453. The minimum absolute atomic E-state index is 0.181. The molecule has 4 nitrogen and oxygen atoms in total. The highest BCUT2D eigenvalue weighted by atomic mass is 17.0. The predicted octanol–water partition coefficient (Wildman–Crippen LogP) is 1.49. The Morgan fingerprint density at radius 2 is 1.64 bits per heavy atom. The van der Waals surface area contributed by atoms with Crippen molar-refractivity contribution < 1.29 is 9.92 Å². The van der Waals surface area contributed by atoms with Crippen molar-refractivity contribution in [3.63, 3.8) is 0 Å². The lowest BCUT2D eigenvalue weighted by atomic mass is 9.65. The maximum atomic E-state index is 9.98. The third-order valence-corrected chi connectivity index (χ3v) is 2.90. The molecule has 0 bridgehead atoms. The normalized spacial score (nSPS) is 42.8. The minimum atomic E-state index is -0.691. The fourth-order valence-electron chi connectivity index (χ4n) is 1.70. The van der Waals surface area contributed by atoms with Crippen molar-refractivity contribution in [3.05, 3.63) is 10.1 Å². The second-order valence-electron chi connectivity index (χ2n) is 3.37. The second-order valence-corrected chi connectivity index (χ2v) is 3.37. The fourth-order valence-corrected chi connectivity index (χ4v) is 1.70. The van der Waals surface area contributed by atoms with Gasteiger partial charge in [0.2, 0.25) is 0 Å². The maximum Gasteiger partial charge on any atom is 0.294 e. The van der Waals surface area contributed by atoms with Crippen molar-refractivity contribution in [2.75, 3.05) is 0 Å². The predicted molar refractivity (Wildman–Crippen MR) is 39.4 cm³/mol. The molecule has 0 spiro atoms. The third-order valence-electron chi connectivity index (χ3n) is 2.90. The minimum Gasteiger partial charge on any atom is -0.310 e. The zero-order chi connectivity index (χ0) is 8.59. The van der Waals surface area contributed by atoms with Crippen LogP contribution in [-0.4, -0.2) is 11.2 Å². The van der Waals surface area contributed by atoms with E-state index in [0.717, 1.165) is 0 Å². The third kappa shape index (κ3) is 1.29. The Morgan fingerprint density at radius 3 is 2.00 bits per heavy atom. The van der Waals surface area contributed by atoms with E-state index in [1.807, 2.05) is 13.8 Å². The molecule has 2 unspecified atom stereocenters. The van der Waals surface area contributed by atoms with Crippen LogP contribution in [0.3, 0.4) is 0 Å². The van der Waals surface area contributed by atoms with E-state index in [2.05, 4.69) is 11.8 Å². The van der Waals surface area contributed by atoms with Gasteiger partial charge in [0.1, 0.15) is 6.10 Å². The van der Waals surface area contributed by atoms with Crippen LogP contribution in [0, 0.1) is 27.9 Å². The zero-order valence-corrected chi connectivity index (χ0v) is 6.98. The first-order valence-corrected chi connectivity index (χ1v) is 3.85. The summed E-state index contributed by atoms with van der Waals surface area (Å²) in [4.78, 5) is 14.5. The lowest BCUT2D eigenvalue weighted by Crippen LogP contribution is -2.49. The molecule has 0 amide bonds. The monoisotopic (exact) mass is 159 g/mol. The van der Waals surface area contributed by atoms with Crippen molar-refractivity contribution >= 4 is 0 Å². The SMILES string of the molecule is CC1C(C)C(O[N+](=O)[O-])C1C. The molecule has 0 aromatic carbocycles. The van der Waals surface area contributed by atoms with Gasteiger partial charge in [0, 0.05) is 0 Å².